The minimum absolute atomic E-state index is 0.539. The summed E-state index contributed by atoms with van der Waals surface area (Å²) in [5, 5.41) is 3.42. The monoisotopic (exact) mass is 435 g/mol. The first-order valence-corrected chi connectivity index (χ1v) is 12.1. The van der Waals surface area contributed by atoms with Crippen LogP contribution in [0.5, 0.6) is 0 Å². The minimum Gasteiger partial charge on any atom is -0.309 e. The highest BCUT2D eigenvalue weighted by Gasteiger charge is 2.16. The smallest absolute Gasteiger partial charge is 0.0208 e. The highest BCUT2D eigenvalue weighted by atomic mass is 14.8. The summed E-state index contributed by atoms with van der Waals surface area (Å²) in [6.07, 6.45) is 2.43. The Hall–Kier alpha value is -3.16. The summed E-state index contributed by atoms with van der Waals surface area (Å²) < 4.78 is 0. The number of aryl methyl sites for hydroxylation is 2. The van der Waals surface area contributed by atoms with Crippen LogP contribution in [-0.4, -0.2) is 0 Å². The van der Waals surface area contributed by atoms with Crippen molar-refractivity contribution in [2.75, 3.05) is 0 Å². The van der Waals surface area contributed by atoms with Crippen molar-refractivity contribution >= 4 is 0 Å². The van der Waals surface area contributed by atoms with Crippen LogP contribution in [0.2, 0.25) is 0 Å². The van der Waals surface area contributed by atoms with E-state index in [1.165, 1.54) is 46.2 Å². The van der Waals surface area contributed by atoms with Crippen LogP contribution in [0.25, 0.3) is 0 Å². The fourth-order valence-electron chi connectivity index (χ4n) is 4.27. The van der Waals surface area contributed by atoms with E-state index in [1.807, 2.05) is 12.1 Å². The van der Waals surface area contributed by atoms with E-state index >= 15 is 0 Å². The second-order valence-electron chi connectivity index (χ2n) is 8.63. The largest absolute Gasteiger partial charge is 0.309 e. The normalized spacial score (nSPS) is 10.5. The molecule has 0 aliphatic rings. The van der Waals surface area contributed by atoms with Crippen LogP contribution in [-0.2, 0) is 13.1 Å². The minimum atomic E-state index is 0.539. The van der Waals surface area contributed by atoms with Crippen LogP contribution in [0.3, 0.4) is 0 Å². The standard InChI is InChI=1S/C18H22.C14H15N/c1-4-9-18(16-12-7-5-10-14(16)2)17-13-8-6-11-15(17)3;1-3-7-13(8-4-1)11-15-12-14-9-5-2-6-10-14/h5-8,10-13,18H,4,9H2,1-3H3;1-10,15H,11-12H2. The van der Waals surface area contributed by atoms with Crippen LogP contribution < -0.4 is 5.32 Å². The first-order valence-electron chi connectivity index (χ1n) is 12.1. The quantitative estimate of drug-likeness (QED) is 0.294. The molecule has 4 rings (SSSR count). The van der Waals surface area contributed by atoms with Crippen molar-refractivity contribution in [3.8, 4) is 0 Å². The van der Waals surface area contributed by atoms with Crippen LogP contribution in [0.4, 0.5) is 0 Å². The molecule has 1 heteroatoms. The molecule has 0 bridgehead atoms. The zero-order valence-corrected chi connectivity index (χ0v) is 20.3. The summed E-state index contributed by atoms with van der Waals surface area (Å²) in [7, 11) is 0. The van der Waals surface area contributed by atoms with Gasteiger partial charge in [0.25, 0.3) is 0 Å². The van der Waals surface area contributed by atoms with Gasteiger partial charge in [-0.05, 0) is 53.6 Å². The molecule has 0 heterocycles. The van der Waals surface area contributed by atoms with E-state index in [-0.39, 0.29) is 0 Å². The van der Waals surface area contributed by atoms with Gasteiger partial charge in [0, 0.05) is 19.0 Å². The molecule has 0 aliphatic heterocycles. The molecule has 0 amide bonds. The molecule has 1 N–H and O–H groups in total. The van der Waals surface area contributed by atoms with Gasteiger partial charge in [-0.3, -0.25) is 0 Å². The van der Waals surface area contributed by atoms with E-state index < -0.39 is 0 Å². The molecule has 0 atom stereocenters. The fraction of sp³-hybridized carbons (Fsp3) is 0.250. The molecule has 170 valence electrons. The van der Waals surface area contributed by atoms with Gasteiger partial charge in [-0.2, -0.15) is 0 Å². The summed E-state index contributed by atoms with van der Waals surface area (Å²) in [5.41, 5.74) is 8.42. The van der Waals surface area contributed by atoms with E-state index in [9.17, 15) is 0 Å². The molecule has 0 radical (unpaired) electrons. The van der Waals surface area contributed by atoms with Gasteiger partial charge < -0.3 is 5.32 Å². The highest BCUT2D eigenvalue weighted by molar-refractivity contribution is 5.40. The van der Waals surface area contributed by atoms with Crippen molar-refractivity contribution in [2.45, 2.75) is 52.6 Å². The van der Waals surface area contributed by atoms with Crippen LogP contribution in [0, 0.1) is 13.8 Å². The molecule has 0 aliphatic carbocycles. The number of nitrogens with one attached hydrogen (secondary N) is 1. The van der Waals surface area contributed by atoms with Crippen molar-refractivity contribution in [2.24, 2.45) is 0 Å². The molecule has 0 fully saturated rings. The summed E-state index contributed by atoms with van der Waals surface area (Å²) in [6, 6.07) is 38.5. The summed E-state index contributed by atoms with van der Waals surface area (Å²) in [6.45, 7) is 8.56. The number of hydrogen-bond donors (Lipinski definition) is 1. The molecule has 4 aromatic carbocycles. The summed E-state index contributed by atoms with van der Waals surface area (Å²) in [5.74, 6) is 0.539. The van der Waals surface area contributed by atoms with Gasteiger partial charge in [-0.15, -0.1) is 0 Å². The van der Waals surface area contributed by atoms with Gasteiger partial charge in [0.2, 0.25) is 0 Å². The Bertz CT molecular complexity index is 985. The van der Waals surface area contributed by atoms with E-state index in [0.717, 1.165) is 13.1 Å². The van der Waals surface area contributed by atoms with Gasteiger partial charge in [-0.1, -0.05) is 123 Å². The number of hydrogen-bond acceptors (Lipinski definition) is 1. The zero-order chi connectivity index (χ0) is 23.3. The van der Waals surface area contributed by atoms with E-state index in [1.54, 1.807) is 0 Å². The molecule has 33 heavy (non-hydrogen) atoms. The molecule has 0 saturated heterocycles. The Balaban J connectivity index is 0.000000189. The van der Waals surface area contributed by atoms with E-state index in [4.69, 9.17) is 0 Å². The Labute approximate surface area is 200 Å². The maximum Gasteiger partial charge on any atom is 0.0208 e. The molecule has 0 saturated carbocycles. The third kappa shape index (κ3) is 7.73. The Kier molecular flexibility index (Phi) is 9.94. The lowest BCUT2D eigenvalue weighted by molar-refractivity contribution is 0.691. The van der Waals surface area contributed by atoms with Crippen molar-refractivity contribution in [1.82, 2.24) is 5.32 Å². The Morgan fingerprint density at radius 2 is 0.939 bits per heavy atom. The SMILES string of the molecule is CCCC(c1ccccc1C)c1ccccc1C.c1ccc(CNCc2ccccc2)cc1. The molecule has 1 nitrogen and oxygen atoms in total. The van der Waals surface area contributed by atoms with Crippen LogP contribution in [0.15, 0.2) is 109 Å². The number of rotatable bonds is 8. The van der Waals surface area contributed by atoms with Gasteiger partial charge in [0.1, 0.15) is 0 Å². The molecular weight excluding hydrogens is 398 g/mol. The summed E-state index contributed by atoms with van der Waals surface area (Å²) in [4.78, 5) is 0. The van der Waals surface area contributed by atoms with Crippen molar-refractivity contribution < 1.29 is 0 Å². The van der Waals surface area contributed by atoms with Crippen molar-refractivity contribution in [3.63, 3.8) is 0 Å². The highest BCUT2D eigenvalue weighted by Crippen LogP contribution is 2.32. The molecular formula is C32H37N. The number of benzene rings is 4. The van der Waals surface area contributed by atoms with E-state index in [0.29, 0.717) is 5.92 Å². The lowest BCUT2D eigenvalue weighted by Crippen LogP contribution is -2.12. The second-order valence-corrected chi connectivity index (χ2v) is 8.63. The van der Waals surface area contributed by atoms with Gasteiger partial charge >= 0.3 is 0 Å². The first-order chi connectivity index (χ1) is 16.2. The molecule has 0 spiro atoms. The third-order valence-electron chi connectivity index (χ3n) is 6.05. The van der Waals surface area contributed by atoms with Crippen molar-refractivity contribution in [1.29, 1.82) is 0 Å². The first kappa shape index (κ1) is 24.5. The Morgan fingerprint density at radius 1 is 0.545 bits per heavy atom. The van der Waals surface area contributed by atoms with Gasteiger partial charge in [-0.25, -0.2) is 0 Å². The van der Waals surface area contributed by atoms with Gasteiger partial charge in [0.05, 0.1) is 0 Å². The van der Waals surface area contributed by atoms with Crippen LogP contribution >= 0.6 is 0 Å². The maximum atomic E-state index is 3.42. The predicted molar refractivity (Wildman–Crippen MR) is 143 cm³/mol. The molecule has 0 unspecified atom stereocenters. The average Bonchev–Trinajstić information content (AvgIpc) is 2.85. The van der Waals surface area contributed by atoms with Gasteiger partial charge in [0.15, 0.2) is 0 Å². The Morgan fingerprint density at radius 3 is 1.33 bits per heavy atom. The van der Waals surface area contributed by atoms with E-state index in [2.05, 4.69) is 123 Å². The van der Waals surface area contributed by atoms with Crippen LogP contribution in [0.1, 0.15) is 59.1 Å². The maximum absolute atomic E-state index is 3.42. The van der Waals surface area contributed by atoms with Crippen molar-refractivity contribution in [3.05, 3.63) is 143 Å². The molecule has 4 aromatic rings. The lowest BCUT2D eigenvalue weighted by atomic mass is 9.83. The molecule has 0 aromatic heterocycles. The average molecular weight is 436 g/mol. The summed E-state index contributed by atoms with van der Waals surface area (Å²) >= 11 is 0. The lowest BCUT2D eigenvalue weighted by Gasteiger charge is -2.21. The predicted octanol–water partition coefficient (Wildman–Crippen LogP) is 8.21. The third-order valence-corrected chi connectivity index (χ3v) is 6.05. The zero-order valence-electron chi connectivity index (χ0n) is 20.3. The fourth-order valence-corrected chi connectivity index (χ4v) is 4.27. The second kappa shape index (κ2) is 13.4. The topological polar surface area (TPSA) is 12.0 Å².